The molecular weight excluding hydrogens is 248 g/mol. The van der Waals surface area contributed by atoms with E-state index in [4.69, 9.17) is 0 Å². The van der Waals surface area contributed by atoms with Crippen LogP contribution in [0.5, 0.6) is 0 Å². The van der Waals surface area contributed by atoms with E-state index in [1.165, 1.54) is 4.31 Å². The molecule has 0 saturated carbocycles. The molecule has 5 heteroatoms. The molecule has 2 rings (SSSR count). The van der Waals surface area contributed by atoms with Crippen LogP contribution in [-0.4, -0.2) is 33.8 Å². The predicted molar refractivity (Wildman–Crippen MR) is 74.3 cm³/mol. The van der Waals surface area contributed by atoms with E-state index < -0.39 is 10.0 Å². The molecule has 4 nitrogen and oxygen atoms in total. The van der Waals surface area contributed by atoms with Crippen LogP contribution in [0.2, 0.25) is 0 Å². The Morgan fingerprint density at radius 2 is 2.00 bits per heavy atom. The molecule has 1 saturated heterocycles. The molecule has 1 aromatic rings. The molecule has 18 heavy (non-hydrogen) atoms. The smallest absolute Gasteiger partial charge is 0.236 e. The third kappa shape index (κ3) is 3.23. The fourth-order valence-corrected chi connectivity index (χ4v) is 3.69. The zero-order valence-electron chi connectivity index (χ0n) is 10.7. The van der Waals surface area contributed by atoms with Crippen LogP contribution in [0.25, 0.3) is 0 Å². The number of sulfonamides is 1. The van der Waals surface area contributed by atoms with Gasteiger partial charge in [-0.25, -0.2) is 8.42 Å². The number of rotatable bonds is 4. The van der Waals surface area contributed by atoms with Crippen LogP contribution < -0.4 is 9.62 Å². The summed E-state index contributed by atoms with van der Waals surface area (Å²) in [5.41, 5.74) is 0.716. The van der Waals surface area contributed by atoms with Gasteiger partial charge in [0, 0.05) is 13.1 Å². The van der Waals surface area contributed by atoms with E-state index >= 15 is 0 Å². The van der Waals surface area contributed by atoms with Gasteiger partial charge in [0.25, 0.3) is 0 Å². The summed E-state index contributed by atoms with van der Waals surface area (Å²) in [6, 6.07) is 9.29. The molecule has 100 valence electrons. The molecule has 1 atom stereocenters. The molecule has 0 aliphatic carbocycles. The highest BCUT2D eigenvalue weighted by Gasteiger charge is 2.24. The molecule has 0 spiro atoms. The molecular formula is C13H20N2O2S. The predicted octanol–water partition coefficient (Wildman–Crippen LogP) is 1.59. The summed E-state index contributed by atoms with van der Waals surface area (Å²) in [6.07, 6.45) is 3.20. The van der Waals surface area contributed by atoms with Gasteiger partial charge in [0.2, 0.25) is 10.0 Å². The second kappa shape index (κ2) is 5.71. The number of piperidine rings is 1. The number of hydrogen-bond acceptors (Lipinski definition) is 3. The molecule has 1 aliphatic heterocycles. The van der Waals surface area contributed by atoms with Gasteiger partial charge in [-0.05, 0) is 31.5 Å². The van der Waals surface area contributed by atoms with E-state index in [1.807, 2.05) is 30.3 Å². The zero-order chi connectivity index (χ0) is 13.0. The van der Waals surface area contributed by atoms with Crippen molar-refractivity contribution >= 4 is 15.7 Å². The van der Waals surface area contributed by atoms with Crippen molar-refractivity contribution < 1.29 is 8.42 Å². The second-order valence-corrected chi connectivity index (χ2v) is 6.77. The van der Waals surface area contributed by atoms with Gasteiger partial charge in [0.1, 0.15) is 0 Å². The fraction of sp³-hybridized carbons (Fsp3) is 0.538. The highest BCUT2D eigenvalue weighted by atomic mass is 32.2. The monoisotopic (exact) mass is 268 g/mol. The number of anilines is 1. The largest absolute Gasteiger partial charge is 0.313 e. The number of para-hydroxylation sites is 1. The van der Waals surface area contributed by atoms with E-state index in [9.17, 15) is 8.42 Å². The number of benzene rings is 1. The fourth-order valence-electron chi connectivity index (χ4n) is 2.23. The zero-order valence-corrected chi connectivity index (χ0v) is 11.5. The lowest BCUT2D eigenvalue weighted by Crippen LogP contribution is -2.43. The average molecular weight is 268 g/mol. The Morgan fingerprint density at radius 1 is 1.28 bits per heavy atom. The third-order valence-electron chi connectivity index (χ3n) is 3.36. The van der Waals surface area contributed by atoms with Crippen molar-refractivity contribution in [1.29, 1.82) is 0 Å². The van der Waals surface area contributed by atoms with Crippen LogP contribution in [0.1, 0.15) is 19.3 Å². The van der Waals surface area contributed by atoms with Crippen molar-refractivity contribution in [3.63, 3.8) is 0 Å². The van der Waals surface area contributed by atoms with Crippen molar-refractivity contribution in [2.24, 2.45) is 0 Å². The van der Waals surface area contributed by atoms with Gasteiger partial charge in [-0.1, -0.05) is 24.6 Å². The van der Waals surface area contributed by atoms with Crippen molar-refractivity contribution in [3.05, 3.63) is 30.3 Å². The summed E-state index contributed by atoms with van der Waals surface area (Å²) in [5.74, 6) is 0.179. The van der Waals surface area contributed by atoms with Gasteiger partial charge in [-0.15, -0.1) is 0 Å². The van der Waals surface area contributed by atoms with E-state index in [-0.39, 0.29) is 11.8 Å². The lowest BCUT2D eigenvalue weighted by Gasteiger charge is -2.26. The molecule has 0 aromatic heterocycles. The summed E-state index contributed by atoms with van der Waals surface area (Å²) in [5, 5.41) is 3.28. The quantitative estimate of drug-likeness (QED) is 0.902. The minimum atomic E-state index is -3.24. The Hall–Kier alpha value is -1.07. The summed E-state index contributed by atoms with van der Waals surface area (Å²) < 4.78 is 25.9. The molecule has 1 aromatic carbocycles. The Morgan fingerprint density at radius 3 is 2.61 bits per heavy atom. The molecule has 1 unspecified atom stereocenters. The highest BCUT2D eigenvalue weighted by Crippen LogP contribution is 2.17. The van der Waals surface area contributed by atoms with Gasteiger partial charge in [-0.2, -0.15) is 0 Å². The van der Waals surface area contributed by atoms with Crippen LogP contribution in [0.15, 0.2) is 30.3 Å². The van der Waals surface area contributed by atoms with Crippen LogP contribution in [0.4, 0.5) is 5.69 Å². The van der Waals surface area contributed by atoms with Gasteiger partial charge < -0.3 is 5.32 Å². The summed E-state index contributed by atoms with van der Waals surface area (Å²) in [4.78, 5) is 0. The van der Waals surface area contributed by atoms with E-state index in [2.05, 4.69) is 5.32 Å². The Bertz CT molecular complexity index is 467. The van der Waals surface area contributed by atoms with Gasteiger partial charge >= 0.3 is 0 Å². The van der Waals surface area contributed by atoms with Crippen LogP contribution in [0, 0.1) is 0 Å². The lowest BCUT2D eigenvalue weighted by atomic mass is 10.1. The average Bonchev–Trinajstić information content (AvgIpc) is 2.39. The summed E-state index contributed by atoms with van der Waals surface area (Å²) in [6.45, 7) is 0.926. The van der Waals surface area contributed by atoms with E-state index in [0.717, 1.165) is 25.8 Å². The maximum absolute atomic E-state index is 12.3. The van der Waals surface area contributed by atoms with Crippen molar-refractivity contribution in [2.75, 3.05) is 23.7 Å². The van der Waals surface area contributed by atoms with Crippen molar-refractivity contribution in [3.8, 4) is 0 Å². The maximum atomic E-state index is 12.3. The van der Waals surface area contributed by atoms with Crippen LogP contribution in [-0.2, 0) is 10.0 Å². The number of hydrogen-bond donors (Lipinski definition) is 1. The Kier molecular flexibility index (Phi) is 4.24. The lowest BCUT2D eigenvalue weighted by molar-refractivity contribution is 0.423. The molecule has 1 aliphatic rings. The summed E-state index contributed by atoms with van der Waals surface area (Å²) in [7, 11) is -1.62. The number of nitrogens with zero attached hydrogens (tertiary/aromatic N) is 1. The van der Waals surface area contributed by atoms with Gasteiger partial charge in [0.15, 0.2) is 0 Å². The van der Waals surface area contributed by atoms with Crippen LogP contribution in [0.3, 0.4) is 0 Å². The number of nitrogens with one attached hydrogen (secondary N) is 1. The van der Waals surface area contributed by atoms with Crippen LogP contribution >= 0.6 is 0 Å². The maximum Gasteiger partial charge on any atom is 0.236 e. The standard InChI is InChI=1S/C13H20N2O2S/c1-15(13-8-3-2-4-9-13)18(16,17)11-12-7-5-6-10-14-12/h2-4,8-9,12,14H,5-7,10-11H2,1H3. The minimum Gasteiger partial charge on any atom is -0.313 e. The first-order valence-corrected chi connectivity index (χ1v) is 7.95. The van der Waals surface area contributed by atoms with Gasteiger partial charge in [0.05, 0.1) is 11.4 Å². The topological polar surface area (TPSA) is 49.4 Å². The highest BCUT2D eigenvalue weighted by molar-refractivity contribution is 7.92. The Labute approximate surface area is 109 Å². The molecule has 0 radical (unpaired) electrons. The normalized spacial score (nSPS) is 20.6. The minimum absolute atomic E-state index is 0.0925. The van der Waals surface area contributed by atoms with E-state index in [0.29, 0.717) is 5.69 Å². The van der Waals surface area contributed by atoms with E-state index in [1.54, 1.807) is 7.05 Å². The second-order valence-electron chi connectivity index (χ2n) is 4.73. The van der Waals surface area contributed by atoms with Crippen molar-refractivity contribution in [1.82, 2.24) is 5.32 Å². The molecule has 1 N–H and O–H groups in total. The van der Waals surface area contributed by atoms with Gasteiger partial charge in [-0.3, -0.25) is 4.31 Å². The first-order chi connectivity index (χ1) is 8.59. The molecule has 1 heterocycles. The first-order valence-electron chi connectivity index (χ1n) is 6.34. The molecule has 0 amide bonds. The first kappa shape index (κ1) is 13.4. The molecule has 0 bridgehead atoms. The summed E-state index contributed by atoms with van der Waals surface area (Å²) >= 11 is 0. The molecule has 1 fully saturated rings. The Balaban J connectivity index is 2.06. The third-order valence-corrected chi connectivity index (χ3v) is 5.23. The SMILES string of the molecule is CN(c1ccccc1)S(=O)(=O)CC1CCCCN1. The van der Waals surface area contributed by atoms with Crippen molar-refractivity contribution in [2.45, 2.75) is 25.3 Å².